The molecule has 2 heterocycles. The van der Waals surface area contributed by atoms with Crippen LogP contribution in [0, 0.1) is 5.41 Å². The summed E-state index contributed by atoms with van der Waals surface area (Å²) in [5.41, 5.74) is 3.85. The normalized spacial score (nSPS) is 29.1. The van der Waals surface area contributed by atoms with Crippen LogP contribution in [0.2, 0.25) is 5.02 Å². The minimum atomic E-state index is -1.62. The van der Waals surface area contributed by atoms with Gasteiger partial charge in [0.2, 0.25) is 0 Å². The van der Waals surface area contributed by atoms with E-state index in [1.165, 1.54) is 7.11 Å². The van der Waals surface area contributed by atoms with Crippen molar-refractivity contribution in [3.05, 3.63) is 100 Å². The highest BCUT2D eigenvalue weighted by molar-refractivity contribution is 6.50. The number of nitrogens with zero attached hydrogens (tertiary/aromatic N) is 2. The molecule has 5 aliphatic rings. The second kappa shape index (κ2) is 6.58. The number of rotatable bonds is 2. The van der Waals surface area contributed by atoms with E-state index in [0.29, 0.717) is 10.7 Å². The monoisotopic (exact) mass is 483 g/mol. The highest BCUT2D eigenvalue weighted by Crippen LogP contribution is 2.71. The molecule has 1 N–H and O–H groups in total. The lowest BCUT2D eigenvalue weighted by atomic mass is 9.43. The van der Waals surface area contributed by atoms with Crippen LogP contribution in [-0.4, -0.2) is 36.1 Å². The van der Waals surface area contributed by atoms with Gasteiger partial charge >= 0.3 is 5.97 Å². The number of ether oxygens (including phenoxy) is 1. The number of benzene rings is 3. The van der Waals surface area contributed by atoms with Crippen molar-refractivity contribution in [2.75, 3.05) is 12.0 Å². The van der Waals surface area contributed by atoms with Crippen LogP contribution in [0.15, 0.2) is 77.9 Å². The van der Waals surface area contributed by atoms with E-state index in [-0.39, 0.29) is 5.71 Å². The molecule has 172 valence electrons. The van der Waals surface area contributed by atoms with Gasteiger partial charge in [-0.25, -0.2) is 9.69 Å². The van der Waals surface area contributed by atoms with Gasteiger partial charge in [0.25, 0.3) is 11.8 Å². The molecule has 0 aromatic heterocycles. The molecule has 3 aromatic rings. The Bertz CT molecular complexity index is 1490. The number of esters is 1. The molecular weight excluding hydrogens is 466 g/mol. The number of anilines is 1. The van der Waals surface area contributed by atoms with Crippen molar-refractivity contribution in [3.8, 4) is 0 Å². The van der Waals surface area contributed by atoms with Gasteiger partial charge in [0.15, 0.2) is 11.3 Å². The lowest BCUT2D eigenvalue weighted by molar-refractivity contribution is -0.135. The molecule has 2 unspecified atom stereocenters. The number of nitrogens with one attached hydrogen (secondary N) is 1. The van der Waals surface area contributed by atoms with Gasteiger partial charge in [-0.3, -0.25) is 15.0 Å². The largest absolute Gasteiger partial charge is 0.464 e. The first-order valence-corrected chi connectivity index (χ1v) is 11.6. The van der Waals surface area contributed by atoms with Crippen LogP contribution in [0.5, 0.6) is 0 Å². The summed E-state index contributed by atoms with van der Waals surface area (Å²) in [5.74, 6) is -2.89. The summed E-state index contributed by atoms with van der Waals surface area (Å²) < 4.78 is 5.10. The quantitative estimate of drug-likeness (QED) is 0.446. The molecule has 0 radical (unpaired) electrons. The Morgan fingerprint density at radius 1 is 0.914 bits per heavy atom. The highest BCUT2D eigenvalue weighted by Gasteiger charge is 2.85. The first-order valence-electron chi connectivity index (χ1n) is 11.2. The summed E-state index contributed by atoms with van der Waals surface area (Å²) in [6.45, 7) is 0. The Hall–Kier alpha value is -3.97. The zero-order valence-corrected chi connectivity index (χ0v) is 19.2. The van der Waals surface area contributed by atoms with Crippen molar-refractivity contribution in [2.24, 2.45) is 10.5 Å². The summed E-state index contributed by atoms with van der Waals surface area (Å²) in [6, 6.07) is 22.2. The lowest BCUT2D eigenvalue weighted by Gasteiger charge is -2.55. The molecule has 0 spiro atoms. The molecule has 2 atom stereocenters. The number of hydrogen-bond donors (Lipinski definition) is 1. The summed E-state index contributed by atoms with van der Waals surface area (Å²) >= 11 is 6.24. The molecular formula is C27H18ClN3O4. The number of hydrazone groups is 1. The molecule has 3 aliphatic carbocycles. The maximum Gasteiger partial charge on any atom is 0.355 e. The van der Waals surface area contributed by atoms with E-state index >= 15 is 0 Å². The molecule has 1 saturated heterocycles. The molecule has 2 amide bonds. The summed E-state index contributed by atoms with van der Waals surface area (Å²) in [5, 5.41) is 4.76. The van der Waals surface area contributed by atoms with E-state index in [4.69, 9.17) is 16.3 Å². The average molecular weight is 484 g/mol. The maximum atomic E-state index is 14.6. The van der Waals surface area contributed by atoms with Gasteiger partial charge in [-0.15, -0.1) is 0 Å². The van der Waals surface area contributed by atoms with E-state index in [0.717, 1.165) is 27.2 Å². The van der Waals surface area contributed by atoms with E-state index < -0.39 is 40.6 Å². The van der Waals surface area contributed by atoms with Crippen LogP contribution in [-0.2, 0) is 19.1 Å². The smallest absolute Gasteiger partial charge is 0.355 e. The fourth-order valence-corrected chi connectivity index (χ4v) is 7.02. The van der Waals surface area contributed by atoms with Gasteiger partial charge < -0.3 is 4.74 Å². The van der Waals surface area contributed by atoms with Gasteiger partial charge in [0.1, 0.15) is 5.41 Å². The number of methoxy groups -OCH3 is 1. The van der Waals surface area contributed by atoms with Crippen molar-refractivity contribution >= 4 is 40.8 Å². The predicted molar refractivity (Wildman–Crippen MR) is 128 cm³/mol. The molecule has 8 rings (SSSR count). The minimum absolute atomic E-state index is 0.0816. The number of hydrogen-bond acceptors (Lipinski definition) is 6. The third-order valence-corrected chi connectivity index (χ3v) is 8.20. The summed E-state index contributed by atoms with van der Waals surface area (Å²) in [6.07, 6.45) is 0. The molecule has 2 bridgehead atoms. The van der Waals surface area contributed by atoms with Crippen LogP contribution >= 0.6 is 11.6 Å². The second-order valence-corrected chi connectivity index (χ2v) is 9.67. The van der Waals surface area contributed by atoms with Crippen molar-refractivity contribution in [1.82, 2.24) is 5.43 Å². The SMILES string of the molecule is COC(=O)C1=NNC23C(=O)N(c4cccc(Cl)c4)C(=O)C12C1c2ccccc2C3c2ccccc21. The Morgan fingerprint density at radius 3 is 2.09 bits per heavy atom. The van der Waals surface area contributed by atoms with Gasteiger partial charge in [0.05, 0.1) is 12.8 Å². The van der Waals surface area contributed by atoms with Gasteiger partial charge in [0, 0.05) is 16.9 Å². The molecule has 1 fully saturated rings. The second-order valence-electron chi connectivity index (χ2n) is 9.23. The molecule has 3 aromatic carbocycles. The Labute approximate surface area is 205 Å². The summed E-state index contributed by atoms with van der Waals surface area (Å²) in [4.78, 5) is 43.5. The number of carbonyl (C=O) groups is 3. The van der Waals surface area contributed by atoms with Crippen molar-refractivity contribution in [1.29, 1.82) is 0 Å². The maximum absolute atomic E-state index is 14.6. The van der Waals surface area contributed by atoms with Gasteiger partial charge in [-0.2, -0.15) is 5.10 Å². The standard InChI is InChI=1S/C27H18ClN3O4/c1-35-23(32)22-26-20-16-9-2-4-11-18(16)21(19-12-5-3-10-17(19)20)27(26,30-29-22)25(34)31(24(26)33)15-8-6-7-14(28)13-15/h2-13,20-21,30H,1H3. The van der Waals surface area contributed by atoms with E-state index in [1.807, 2.05) is 48.5 Å². The fourth-order valence-electron chi connectivity index (χ4n) is 6.84. The summed E-state index contributed by atoms with van der Waals surface area (Å²) in [7, 11) is 1.25. The molecule has 35 heavy (non-hydrogen) atoms. The highest BCUT2D eigenvalue weighted by atomic mass is 35.5. The van der Waals surface area contributed by atoms with Crippen molar-refractivity contribution in [3.63, 3.8) is 0 Å². The average Bonchev–Trinajstić information content (AvgIpc) is 3.35. The Kier molecular flexibility index (Phi) is 3.83. The van der Waals surface area contributed by atoms with Crippen LogP contribution in [0.25, 0.3) is 0 Å². The molecule has 7 nitrogen and oxygen atoms in total. The fraction of sp³-hybridized carbons (Fsp3) is 0.185. The number of amides is 2. The van der Waals surface area contributed by atoms with Crippen molar-refractivity contribution < 1.29 is 19.1 Å². The molecule has 0 saturated carbocycles. The number of carbonyl (C=O) groups excluding carboxylic acids is 3. The van der Waals surface area contributed by atoms with Crippen LogP contribution in [0.4, 0.5) is 5.69 Å². The minimum Gasteiger partial charge on any atom is -0.464 e. The Balaban J connectivity index is 1.61. The topological polar surface area (TPSA) is 88.1 Å². The van der Waals surface area contributed by atoms with Gasteiger partial charge in [-0.05, 0) is 40.5 Å². The van der Waals surface area contributed by atoms with E-state index in [9.17, 15) is 14.4 Å². The zero-order chi connectivity index (χ0) is 24.1. The van der Waals surface area contributed by atoms with Crippen LogP contribution < -0.4 is 10.3 Å². The van der Waals surface area contributed by atoms with Crippen LogP contribution in [0.3, 0.4) is 0 Å². The van der Waals surface area contributed by atoms with Crippen LogP contribution in [0.1, 0.15) is 34.1 Å². The predicted octanol–water partition coefficient (Wildman–Crippen LogP) is 3.36. The lowest BCUT2D eigenvalue weighted by Crippen LogP contribution is -2.69. The van der Waals surface area contributed by atoms with E-state index in [1.54, 1.807) is 24.3 Å². The molecule has 2 aliphatic heterocycles. The first kappa shape index (κ1) is 20.4. The molecule has 8 heteroatoms. The third-order valence-electron chi connectivity index (χ3n) is 7.97. The van der Waals surface area contributed by atoms with Gasteiger partial charge in [-0.1, -0.05) is 66.2 Å². The third kappa shape index (κ3) is 2.06. The number of imide groups is 1. The van der Waals surface area contributed by atoms with Crippen molar-refractivity contribution in [2.45, 2.75) is 17.4 Å². The zero-order valence-electron chi connectivity index (χ0n) is 18.5. The Morgan fingerprint density at radius 2 is 1.51 bits per heavy atom. The van der Waals surface area contributed by atoms with E-state index in [2.05, 4.69) is 10.5 Å². The number of halogens is 1. The first-order chi connectivity index (χ1) is 17.0.